The number of hydrogen-bond donors (Lipinski definition) is 2. The van der Waals surface area contributed by atoms with Crippen molar-refractivity contribution >= 4 is 17.8 Å². The van der Waals surface area contributed by atoms with E-state index in [0.29, 0.717) is 5.56 Å². The van der Waals surface area contributed by atoms with E-state index in [2.05, 4.69) is 16.0 Å². The molecule has 2 heterocycles. The average molecular weight is 401 g/mol. The first-order valence-corrected chi connectivity index (χ1v) is 8.92. The van der Waals surface area contributed by atoms with Gasteiger partial charge in [0, 0.05) is 50.7 Å². The van der Waals surface area contributed by atoms with Crippen LogP contribution in [0.25, 0.3) is 0 Å². The molecular weight excluding hydrogens is 378 g/mol. The van der Waals surface area contributed by atoms with Crippen molar-refractivity contribution in [3.63, 3.8) is 0 Å². The maximum absolute atomic E-state index is 12.4. The number of carbonyl (C=O) groups is 3. The van der Waals surface area contributed by atoms with E-state index in [9.17, 15) is 4.79 Å². The van der Waals surface area contributed by atoms with Gasteiger partial charge in [-0.05, 0) is 18.2 Å². The summed E-state index contributed by atoms with van der Waals surface area (Å²) in [7, 11) is 1.70. The predicted molar refractivity (Wildman–Crippen MR) is 104 cm³/mol. The first-order chi connectivity index (χ1) is 13.9. The fourth-order valence-electron chi connectivity index (χ4n) is 2.86. The van der Waals surface area contributed by atoms with Crippen LogP contribution in [0.15, 0.2) is 48.8 Å². The Kier molecular flexibility index (Phi) is 8.11. The van der Waals surface area contributed by atoms with Crippen LogP contribution in [0.4, 0.5) is 0 Å². The van der Waals surface area contributed by atoms with E-state index >= 15 is 0 Å². The number of pyridine rings is 1. The molecule has 2 N–H and O–H groups in total. The van der Waals surface area contributed by atoms with Crippen LogP contribution in [-0.2, 0) is 16.1 Å². The number of methoxy groups -OCH3 is 1. The number of carboxylic acids is 2. The summed E-state index contributed by atoms with van der Waals surface area (Å²) in [6.45, 7) is 4.05. The van der Waals surface area contributed by atoms with Gasteiger partial charge in [0.1, 0.15) is 5.75 Å². The minimum atomic E-state index is -1.82. The van der Waals surface area contributed by atoms with Crippen LogP contribution in [0.2, 0.25) is 0 Å². The molecular formula is C20H23N3O6. The highest BCUT2D eigenvalue weighted by Crippen LogP contribution is 2.20. The number of nitrogens with zero attached hydrogens (tertiary/aromatic N) is 3. The number of carbonyl (C=O) groups excluding carboxylic acids is 1. The maximum atomic E-state index is 12.4. The molecule has 0 saturated carbocycles. The highest BCUT2D eigenvalue weighted by Gasteiger charge is 2.22. The van der Waals surface area contributed by atoms with Crippen molar-refractivity contribution in [1.29, 1.82) is 0 Å². The molecule has 1 aliphatic heterocycles. The number of rotatable bonds is 4. The van der Waals surface area contributed by atoms with Crippen molar-refractivity contribution < 1.29 is 29.3 Å². The minimum absolute atomic E-state index is 0.0649. The fourth-order valence-corrected chi connectivity index (χ4v) is 2.86. The van der Waals surface area contributed by atoms with E-state index in [-0.39, 0.29) is 5.91 Å². The Balaban J connectivity index is 0.000000438. The number of aliphatic carboxylic acids is 2. The lowest BCUT2D eigenvalue weighted by Crippen LogP contribution is -2.48. The number of benzene rings is 1. The Bertz CT molecular complexity index is 823. The van der Waals surface area contributed by atoms with Crippen LogP contribution < -0.4 is 4.74 Å². The highest BCUT2D eigenvalue weighted by atomic mass is 16.5. The van der Waals surface area contributed by atoms with Crippen molar-refractivity contribution in [3.05, 3.63) is 59.9 Å². The molecule has 0 spiro atoms. The Labute approximate surface area is 168 Å². The molecule has 1 aromatic carbocycles. The zero-order valence-corrected chi connectivity index (χ0v) is 16.0. The van der Waals surface area contributed by atoms with E-state index in [4.69, 9.17) is 24.5 Å². The second-order valence-electron chi connectivity index (χ2n) is 6.23. The molecule has 1 aromatic heterocycles. The first kappa shape index (κ1) is 21.8. The topological polar surface area (TPSA) is 120 Å². The van der Waals surface area contributed by atoms with Gasteiger partial charge in [-0.2, -0.15) is 0 Å². The molecule has 9 heteroatoms. The molecule has 1 fully saturated rings. The second-order valence-corrected chi connectivity index (χ2v) is 6.23. The summed E-state index contributed by atoms with van der Waals surface area (Å²) in [5.74, 6) is -2.67. The fraction of sp³-hybridized carbons (Fsp3) is 0.300. The molecule has 0 atom stereocenters. The number of para-hydroxylation sites is 1. The Morgan fingerprint density at radius 2 is 1.66 bits per heavy atom. The zero-order chi connectivity index (χ0) is 21.2. The third-order valence-electron chi connectivity index (χ3n) is 4.34. The van der Waals surface area contributed by atoms with Gasteiger partial charge in [-0.15, -0.1) is 0 Å². The van der Waals surface area contributed by atoms with E-state index in [1.165, 1.54) is 5.56 Å². The van der Waals surface area contributed by atoms with Crippen molar-refractivity contribution in [2.24, 2.45) is 0 Å². The van der Waals surface area contributed by atoms with E-state index in [0.717, 1.165) is 38.5 Å². The lowest BCUT2D eigenvalue weighted by molar-refractivity contribution is -0.159. The monoisotopic (exact) mass is 401 g/mol. The van der Waals surface area contributed by atoms with Crippen LogP contribution in [0, 0.1) is 0 Å². The van der Waals surface area contributed by atoms with Gasteiger partial charge in [0.15, 0.2) is 0 Å². The van der Waals surface area contributed by atoms with Gasteiger partial charge >= 0.3 is 11.9 Å². The van der Waals surface area contributed by atoms with Gasteiger partial charge in [0.25, 0.3) is 5.91 Å². The molecule has 3 rings (SSSR count). The third kappa shape index (κ3) is 6.58. The molecule has 0 radical (unpaired) electrons. The summed E-state index contributed by atoms with van der Waals surface area (Å²) in [6, 6.07) is 11.7. The lowest BCUT2D eigenvalue weighted by Gasteiger charge is -2.35. The molecule has 1 aliphatic rings. The highest BCUT2D eigenvalue weighted by molar-refractivity contribution is 6.27. The van der Waals surface area contributed by atoms with Gasteiger partial charge in [0.05, 0.1) is 12.7 Å². The van der Waals surface area contributed by atoms with Gasteiger partial charge in [-0.1, -0.05) is 18.2 Å². The summed E-state index contributed by atoms with van der Waals surface area (Å²) in [4.78, 5) is 38.9. The van der Waals surface area contributed by atoms with Crippen molar-refractivity contribution in [1.82, 2.24) is 14.8 Å². The van der Waals surface area contributed by atoms with Crippen LogP contribution in [0.1, 0.15) is 15.9 Å². The lowest BCUT2D eigenvalue weighted by atomic mass is 10.1. The van der Waals surface area contributed by atoms with Crippen molar-refractivity contribution in [2.75, 3.05) is 33.3 Å². The molecule has 0 aliphatic carbocycles. The molecule has 0 unspecified atom stereocenters. The maximum Gasteiger partial charge on any atom is 0.414 e. The Morgan fingerprint density at radius 3 is 2.21 bits per heavy atom. The summed E-state index contributed by atoms with van der Waals surface area (Å²) in [5, 5.41) is 14.8. The van der Waals surface area contributed by atoms with E-state index < -0.39 is 11.9 Å². The van der Waals surface area contributed by atoms with Gasteiger partial charge in [-0.3, -0.25) is 14.7 Å². The number of ether oxygens (including phenoxy) is 1. The van der Waals surface area contributed by atoms with Crippen LogP contribution in [0.5, 0.6) is 5.75 Å². The van der Waals surface area contributed by atoms with Gasteiger partial charge in [-0.25, -0.2) is 9.59 Å². The number of hydrogen-bond acceptors (Lipinski definition) is 6. The van der Waals surface area contributed by atoms with Gasteiger partial charge < -0.3 is 19.8 Å². The first-order valence-electron chi connectivity index (χ1n) is 8.92. The third-order valence-corrected chi connectivity index (χ3v) is 4.34. The second kappa shape index (κ2) is 10.8. The van der Waals surface area contributed by atoms with Crippen molar-refractivity contribution in [3.8, 4) is 5.75 Å². The van der Waals surface area contributed by atoms with E-state index in [1.54, 1.807) is 25.6 Å². The number of carboxylic acid groups (broad SMARTS) is 2. The van der Waals surface area contributed by atoms with Gasteiger partial charge in [0.2, 0.25) is 0 Å². The normalized spacial score (nSPS) is 13.8. The smallest absolute Gasteiger partial charge is 0.414 e. The summed E-state index contributed by atoms with van der Waals surface area (Å²) < 4.78 is 5.41. The minimum Gasteiger partial charge on any atom is -0.496 e. The Hall–Kier alpha value is -3.46. The quantitative estimate of drug-likeness (QED) is 0.734. The van der Waals surface area contributed by atoms with Crippen LogP contribution in [0.3, 0.4) is 0 Å². The molecule has 0 bridgehead atoms. The average Bonchev–Trinajstić information content (AvgIpc) is 2.75. The number of piperazine rings is 1. The molecule has 9 nitrogen and oxygen atoms in total. The largest absolute Gasteiger partial charge is 0.496 e. The summed E-state index contributed by atoms with van der Waals surface area (Å²) in [5.41, 5.74) is 1.84. The zero-order valence-electron chi connectivity index (χ0n) is 16.0. The molecule has 1 saturated heterocycles. The molecule has 2 aromatic rings. The van der Waals surface area contributed by atoms with Crippen LogP contribution in [-0.4, -0.2) is 76.1 Å². The number of amides is 1. The predicted octanol–water partition coefficient (Wildman–Crippen LogP) is 1.20. The number of aromatic nitrogens is 1. The molecule has 29 heavy (non-hydrogen) atoms. The van der Waals surface area contributed by atoms with Crippen molar-refractivity contribution in [2.45, 2.75) is 6.54 Å². The van der Waals surface area contributed by atoms with Crippen LogP contribution >= 0.6 is 0 Å². The summed E-state index contributed by atoms with van der Waals surface area (Å²) >= 11 is 0. The van der Waals surface area contributed by atoms with E-state index in [1.807, 2.05) is 29.2 Å². The SMILES string of the molecule is COc1ccccc1CN1CCN(C(=O)c2cccnc2)CC1.O=C(O)C(=O)O. The molecule has 1 amide bonds. The Morgan fingerprint density at radius 1 is 1.00 bits per heavy atom. The standard InChI is InChI=1S/C18H21N3O2.C2H2O4/c1-23-17-7-3-2-5-16(17)14-20-9-11-21(12-10-20)18(22)15-6-4-8-19-13-15;3-1(4)2(5)6/h2-8,13H,9-12,14H2,1H3;(H,3,4)(H,5,6). The molecule has 154 valence electrons. The summed E-state index contributed by atoms with van der Waals surface area (Å²) in [6.07, 6.45) is 3.31.